The van der Waals surface area contributed by atoms with Gasteiger partial charge in [0.1, 0.15) is 36.6 Å². The molecule has 2 aromatic carbocycles. The van der Waals surface area contributed by atoms with Crippen molar-refractivity contribution in [2.75, 3.05) is 13.2 Å². The molecule has 10 atom stereocenters. The Kier molecular flexibility index (Phi) is 11.0. The Morgan fingerprint density at radius 2 is 1.43 bits per heavy atom. The van der Waals surface area contributed by atoms with E-state index in [1.807, 2.05) is 0 Å². The predicted octanol–water partition coefficient (Wildman–Crippen LogP) is -1.02. The van der Waals surface area contributed by atoms with Crippen molar-refractivity contribution in [3.8, 4) is 23.0 Å². The summed E-state index contributed by atoms with van der Waals surface area (Å²) in [4.78, 5) is 12.6. The molecule has 15 heteroatoms. The number of carbonyl (C=O) groups excluding carboxylic acids is 1. The maximum Gasteiger partial charge on any atom is 0.331 e. The van der Waals surface area contributed by atoms with Crippen LogP contribution in [0.15, 0.2) is 42.5 Å². The Morgan fingerprint density at radius 1 is 0.773 bits per heavy atom. The van der Waals surface area contributed by atoms with E-state index in [1.54, 1.807) is 6.07 Å². The second-order valence-corrected chi connectivity index (χ2v) is 10.5. The molecule has 15 nitrogen and oxygen atoms in total. The smallest absolute Gasteiger partial charge is 0.331 e. The fourth-order valence-corrected chi connectivity index (χ4v) is 4.66. The molecule has 0 aromatic heterocycles. The summed E-state index contributed by atoms with van der Waals surface area (Å²) in [5.74, 6) is -2.39. The monoisotopic (exact) mass is 624 g/mol. The molecule has 4 rings (SSSR count). The number of carbonyl (C=O) groups is 1. The van der Waals surface area contributed by atoms with Gasteiger partial charge in [-0.2, -0.15) is 0 Å². The van der Waals surface area contributed by atoms with Gasteiger partial charge in [-0.1, -0.05) is 12.1 Å². The number of hydrogen-bond acceptors (Lipinski definition) is 15. The number of aliphatic hydroxyl groups is 5. The number of aromatic hydroxyl groups is 4. The maximum atomic E-state index is 12.6. The van der Waals surface area contributed by atoms with Crippen LogP contribution in [-0.4, -0.2) is 127 Å². The van der Waals surface area contributed by atoms with Crippen LogP contribution in [0.2, 0.25) is 0 Å². The van der Waals surface area contributed by atoms with Crippen LogP contribution in [0, 0.1) is 0 Å². The fraction of sp³-hybridized carbons (Fsp3) is 0.483. The number of hydrogen-bond donors (Lipinski definition) is 9. The molecule has 0 bridgehead atoms. The Hall–Kier alpha value is -3.51. The third-order valence-corrected chi connectivity index (χ3v) is 7.25. The molecular weight excluding hydrogens is 588 g/mol. The summed E-state index contributed by atoms with van der Waals surface area (Å²) >= 11 is 0. The first kappa shape index (κ1) is 33.4. The number of aliphatic hydroxyl groups excluding tert-OH is 5. The fourth-order valence-electron chi connectivity index (χ4n) is 4.66. The molecular formula is C29H36O15. The predicted molar refractivity (Wildman–Crippen MR) is 147 cm³/mol. The summed E-state index contributed by atoms with van der Waals surface area (Å²) in [5.41, 5.74) is 0.919. The van der Waals surface area contributed by atoms with E-state index >= 15 is 0 Å². The van der Waals surface area contributed by atoms with E-state index < -0.39 is 79.7 Å². The van der Waals surface area contributed by atoms with Gasteiger partial charge in [0.15, 0.2) is 41.7 Å². The lowest BCUT2D eigenvalue weighted by molar-refractivity contribution is -0.328. The summed E-state index contributed by atoms with van der Waals surface area (Å²) in [6.07, 6.45) is -12.2. The highest BCUT2D eigenvalue weighted by Crippen LogP contribution is 2.29. The standard InChI is InChI=1S/C29H36O15/c1-13-22(35)24(37)25(38)28(42-13)41-12-20-23(36)27(44-21(34)7-4-14-2-5-16(30)18(32)10-14)26(39)29(43-20)40-9-8-15-3-6-17(31)19(33)11-15/h2-7,10-11,13,20,22-33,35-39H,8-9,12H2,1H3/b7-4+/t13-,20+,22-,23+,24+,25+,26+,27-,28+,29+/m1/s1. The summed E-state index contributed by atoms with van der Waals surface area (Å²) in [7, 11) is 0. The molecule has 2 fully saturated rings. The third-order valence-electron chi connectivity index (χ3n) is 7.25. The average molecular weight is 625 g/mol. The molecule has 0 saturated carbocycles. The van der Waals surface area contributed by atoms with Crippen LogP contribution in [0.5, 0.6) is 23.0 Å². The molecule has 0 radical (unpaired) electrons. The minimum atomic E-state index is -1.70. The summed E-state index contributed by atoms with van der Waals surface area (Å²) in [6, 6.07) is 7.99. The molecule has 242 valence electrons. The van der Waals surface area contributed by atoms with Crippen LogP contribution >= 0.6 is 0 Å². The molecule has 44 heavy (non-hydrogen) atoms. The van der Waals surface area contributed by atoms with E-state index in [1.165, 1.54) is 43.3 Å². The van der Waals surface area contributed by atoms with Gasteiger partial charge in [0.2, 0.25) is 0 Å². The average Bonchev–Trinajstić information content (AvgIpc) is 2.99. The number of phenols is 4. The first-order valence-corrected chi connectivity index (χ1v) is 13.7. The van der Waals surface area contributed by atoms with E-state index in [4.69, 9.17) is 23.7 Å². The van der Waals surface area contributed by atoms with Crippen LogP contribution in [0.1, 0.15) is 18.1 Å². The van der Waals surface area contributed by atoms with Gasteiger partial charge in [-0.25, -0.2) is 4.79 Å². The van der Waals surface area contributed by atoms with Gasteiger partial charge >= 0.3 is 5.97 Å². The van der Waals surface area contributed by atoms with Gasteiger partial charge in [-0.15, -0.1) is 0 Å². The van der Waals surface area contributed by atoms with Crippen LogP contribution < -0.4 is 0 Å². The highest BCUT2D eigenvalue weighted by Gasteiger charge is 2.49. The van der Waals surface area contributed by atoms with Crippen molar-refractivity contribution >= 4 is 12.0 Å². The van der Waals surface area contributed by atoms with E-state index in [0.717, 1.165) is 6.08 Å². The first-order chi connectivity index (χ1) is 20.8. The Morgan fingerprint density at radius 3 is 2.11 bits per heavy atom. The van der Waals surface area contributed by atoms with Crippen molar-refractivity contribution in [3.63, 3.8) is 0 Å². The number of rotatable bonds is 10. The Bertz CT molecular complexity index is 1300. The normalized spacial score (nSPS) is 32.5. The lowest BCUT2D eigenvalue weighted by atomic mass is 9.98. The highest BCUT2D eigenvalue weighted by atomic mass is 16.7. The molecule has 2 saturated heterocycles. The molecule has 2 heterocycles. The molecule has 2 aliphatic heterocycles. The molecule has 2 aromatic rings. The van der Waals surface area contributed by atoms with Gasteiger partial charge in [-0.05, 0) is 54.8 Å². The molecule has 2 aliphatic rings. The molecule has 0 spiro atoms. The second kappa shape index (κ2) is 14.5. The number of phenolic OH excluding ortho intramolecular Hbond substituents is 4. The van der Waals surface area contributed by atoms with E-state index in [9.17, 15) is 50.8 Å². The molecule has 9 N–H and O–H groups in total. The third kappa shape index (κ3) is 7.95. The Labute approximate surface area is 251 Å². The van der Waals surface area contributed by atoms with Gasteiger partial charge < -0.3 is 69.6 Å². The number of benzene rings is 2. The molecule has 0 amide bonds. The number of ether oxygens (including phenoxy) is 5. The van der Waals surface area contributed by atoms with E-state index in [2.05, 4.69) is 0 Å². The van der Waals surface area contributed by atoms with Gasteiger partial charge in [0.05, 0.1) is 19.3 Å². The highest BCUT2D eigenvalue weighted by molar-refractivity contribution is 5.87. The minimum absolute atomic E-state index is 0.0768. The van der Waals surface area contributed by atoms with Crippen LogP contribution in [0.3, 0.4) is 0 Å². The van der Waals surface area contributed by atoms with Gasteiger partial charge in [-0.3, -0.25) is 0 Å². The minimum Gasteiger partial charge on any atom is -0.504 e. The zero-order valence-electron chi connectivity index (χ0n) is 23.5. The van der Waals surface area contributed by atoms with Crippen molar-refractivity contribution in [3.05, 3.63) is 53.6 Å². The Balaban J connectivity index is 1.45. The topological polar surface area (TPSA) is 245 Å². The largest absolute Gasteiger partial charge is 0.504 e. The van der Waals surface area contributed by atoms with Crippen molar-refractivity contribution in [1.82, 2.24) is 0 Å². The zero-order valence-corrected chi connectivity index (χ0v) is 23.5. The quantitative estimate of drug-likeness (QED) is 0.0873. The molecule has 0 aliphatic carbocycles. The van der Waals surface area contributed by atoms with Crippen molar-refractivity contribution < 1.29 is 74.4 Å². The first-order valence-electron chi connectivity index (χ1n) is 13.7. The number of esters is 1. The van der Waals surface area contributed by atoms with Gasteiger partial charge in [0.25, 0.3) is 0 Å². The van der Waals surface area contributed by atoms with Crippen molar-refractivity contribution in [1.29, 1.82) is 0 Å². The lowest BCUT2D eigenvalue weighted by Gasteiger charge is -2.43. The van der Waals surface area contributed by atoms with Gasteiger partial charge in [0, 0.05) is 6.08 Å². The van der Waals surface area contributed by atoms with Crippen molar-refractivity contribution in [2.45, 2.75) is 74.8 Å². The SMILES string of the molecule is C[C@H]1O[C@H](OC[C@@H]2O[C@H](OCCc3ccc(O)c(O)c3)[C@@H](O)[C@H](OC(=O)/C=C/c3ccc(O)c(O)c3)[C@H]2O)[C@@H](O)[C@@H](O)[C@@H]1O. The molecule has 0 unspecified atom stereocenters. The second-order valence-electron chi connectivity index (χ2n) is 10.5. The zero-order chi connectivity index (χ0) is 32.1. The van der Waals surface area contributed by atoms with Crippen LogP contribution in [0.25, 0.3) is 6.08 Å². The van der Waals surface area contributed by atoms with Crippen LogP contribution in [-0.2, 0) is 34.9 Å². The van der Waals surface area contributed by atoms with Crippen LogP contribution in [0.4, 0.5) is 0 Å². The van der Waals surface area contributed by atoms with E-state index in [-0.39, 0.29) is 30.3 Å². The maximum absolute atomic E-state index is 12.6. The summed E-state index contributed by atoms with van der Waals surface area (Å²) in [6.45, 7) is 0.888. The van der Waals surface area contributed by atoms with Crippen molar-refractivity contribution in [2.24, 2.45) is 0 Å². The lowest BCUT2D eigenvalue weighted by Crippen LogP contribution is -2.62. The van der Waals surface area contributed by atoms with E-state index in [0.29, 0.717) is 11.1 Å². The summed E-state index contributed by atoms with van der Waals surface area (Å²) < 4.78 is 27.7. The summed E-state index contributed by atoms with van der Waals surface area (Å²) in [5, 5.41) is 90.5.